The molecule has 1 aliphatic carbocycles. The second kappa shape index (κ2) is 14.0. The van der Waals surface area contributed by atoms with Crippen LogP contribution in [0.1, 0.15) is 90.2 Å². The first-order valence-corrected chi connectivity index (χ1v) is 16.7. The van der Waals surface area contributed by atoms with Crippen molar-refractivity contribution in [3.8, 4) is 22.5 Å². The van der Waals surface area contributed by atoms with Crippen LogP contribution < -0.4 is 20.5 Å². The third-order valence-electron chi connectivity index (χ3n) is 8.48. The average molecular weight is 638 g/mol. The Bertz CT molecular complexity index is 2090. The third kappa shape index (κ3) is 6.23. The Balaban J connectivity index is 0.000000947. The van der Waals surface area contributed by atoms with Crippen molar-refractivity contribution in [2.75, 3.05) is 25.5 Å². The summed E-state index contributed by atoms with van der Waals surface area (Å²) in [5.41, 5.74) is 5.95. The van der Waals surface area contributed by atoms with Crippen LogP contribution in [0.15, 0.2) is 68.2 Å². The molecule has 0 amide bonds. The Hall–Kier alpha value is -4.65. The van der Waals surface area contributed by atoms with E-state index in [1.807, 2.05) is 56.8 Å². The fraction of sp³-hybridized carbons (Fsp3) is 0.375. The molecule has 0 radical (unpaired) electrons. The highest BCUT2D eigenvalue weighted by Crippen LogP contribution is 2.45. The zero-order chi connectivity index (χ0) is 34.8. The first kappa shape index (κ1) is 35.2. The van der Waals surface area contributed by atoms with E-state index in [0.29, 0.717) is 39.0 Å². The van der Waals surface area contributed by atoms with Crippen molar-refractivity contribution in [3.05, 3.63) is 87.1 Å². The minimum Gasteiger partial charge on any atom is -0.478 e. The summed E-state index contributed by atoms with van der Waals surface area (Å²) in [6.45, 7) is 19.7. The molecule has 0 bridgehead atoms. The summed E-state index contributed by atoms with van der Waals surface area (Å²) in [5, 5.41) is 12.0. The number of aryl methyl sites for hydroxylation is 1. The standard InChI is InChI=1S/C35H34N2O5.C3H8.C2H6/c1-8-20-14-24-28(16-26(20)36(6)7)41-32-25-15-23-19(3)18-35(4,5)37(9-2)27(23)17-29(25)42-34(40)31(32)30(24)21-12-10-11-13-22(21)33(38)39;1-3-2;1-2/h10-18H,8-9H2,1-7H3;3H2,1-2H3;1-2H3/p+1. The smallest absolute Gasteiger partial charge is 0.348 e. The predicted molar refractivity (Wildman–Crippen MR) is 196 cm³/mol. The minimum atomic E-state index is -1.07. The maximum atomic E-state index is 13.9. The van der Waals surface area contributed by atoms with Gasteiger partial charge >= 0.3 is 11.6 Å². The largest absolute Gasteiger partial charge is 0.478 e. The van der Waals surface area contributed by atoms with Crippen LogP contribution in [0.25, 0.3) is 50.0 Å². The van der Waals surface area contributed by atoms with Crippen molar-refractivity contribution >= 4 is 39.2 Å². The van der Waals surface area contributed by atoms with Crippen LogP contribution in [0.4, 0.5) is 5.69 Å². The molecule has 0 saturated carbocycles. The van der Waals surface area contributed by atoms with Gasteiger partial charge in [0.25, 0.3) is 0 Å². The van der Waals surface area contributed by atoms with Gasteiger partial charge in [-0.2, -0.15) is 0 Å². The molecule has 0 atom stereocenters. The fourth-order valence-corrected chi connectivity index (χ4v) is 6.65. The lowest BCUT2D eigenvalue weighted by atomic mass is 9.87. The molecule has 2 aliphatic heterocycles. The summed E-state index contributed by atoms with van der Waals surface area (Å²) < 4.78 is 14.7. The summed E-state index contributed by atoms with van der Waals surface area (Å²) in [6.07, 6.45) is 4.25. The van der Waals surface area contributed by atoms with Crippen molar-refractivity contribution in [3.63, 3.8) is 0 Å². The van der Waals surface area contributed by atoms with Gasteiger partial charge in [0.1, 0.15) is 30.8 Å². The van der Waals surface area contributed by atoms with E-state index in [2.05, 4.69) is 59.4 Å². The van der Waals surface area contributed by atoms with Crippen LogP contribution in [0.3, 0.4) is 0 Å². The van der Waals surface area contributed by atoms with Gasteiger partial charge in [0, 0.05) is 40.6 Å². The molecule has 2 aromatic carbocycles. The number of anilines is 1. The molecule has 1 N–H and O–H groups in total. The van der Waals surface area contributed by atoms with Crippen molar-refractivity contribution < 1.29 is 18.7 Å². The van der Waals surface area contributed by atoms with Crippen LogP contribution in [0, 0.1) is 0 Å². The average Bonchev–Trinajstić information content (AvgIpc) is 3.03. The molecular formula is C40H49N2O5+. The second-order valence-corrected chi connectivity index (χ2v) is 12.4. The van der Waals surface area contributed by atoms with Gasteiger partial charge in [-0.1, -0.05) is 65.3 Å². The Morgan fingerprint density at radius 1 is 0.936 bits per heavy atom. The van der Waals surface area contributed by atoms with Gasteiger partial charge in [0.15, 0.2) is 5.58 Å². The number of carbonyl (C=O) groups is 1. The summed E-state index contributed by atoms with van der Waals surface area (Å²) in [4.78, 5) is 28.6. The van der Waals surface area contributed by atoms with Crippen LogP contribution in [-0.2, 0) is 6.42 Å². The maximum absolute atomic E-state index is 13.9. The molecule has 0 unspecified atom stereocenters. The molecule has 7 nitrogen and oxygen atoms in total. The van der Waals surface area contributed by atoms with Crippen molar-refractivity contribution in [1.29, 1.82) is 0 Å². The van der Waals surface area contributed by atoms with Crippen molar-refractivity contribution in [2.24, 2.45) is 0 Å². The summed E-state index contributed by atoms with van der Waals surface area (Å²) in [5.74, 6) is -0.512. The van der Waals surface area contributed by atoms with Crippen LogP contribution >= 0.6 is 0 Å². The lowest BCUT2D eigenvalue weighted by Crippen LogP contribution is -2.44. The number of nitrogens with zero attached hydrogens (tertiary/aromatic N) is 2. The number of likely N-dealkylation sites (N-methyl/N-ethyl adjacent to an activating group) is 1. The van der Waals surface area contributed by atoms with Gasteiger partial charge in [-0.15, -0.1) is 0 Å². The van der Waals surface area contributed by atoms with Crippen molar-refractivity contribution in [2.45, 2.75) is 80.7 Å². The molecule has 7 heteroatoms. The minimum absolute atomic E-state index is 0.102. The van der Waals surface area contributed by atoms with E-state index in [1.54, 1.807) is 24.3 Å². The van der Waals surface area contributed by atoms with Gasteiger partial charge in [0.05, 0.1) is 22.6 Å². The highest BCUT2D eigenvalue weighted by molar-refractivity contribution is 6.13. The summed E-state index contributed by atoms with van der Waals surface area (Å²) in [7, 11) is 3.96. The molecule has 3 heterocycles. The van der Waals surface area contributed by atoms with Crippen LogP contribution in [0.5, 0.6) is 0 Å². The van der Waals surface area contributed by atoms with Gasteiger partial charge < -0.3 is 18.8 Å². The highest BCUT2D eigenvalue weighted by atomic mass is 16.4. The lowest BCUT2D eigenvalue weighted by molar-refractivity contribution is 0.0697. The Labute approximate surface area is 277 Å². The molecule has 0 fully saturated rings. The van der Waals surface area contributed by atoms with Gasteiger partial charge in [-0.3, -0.25) is 0 Å². The molecule has 6 rings (SSSR count). The third-order valence-corrected chi connectivity index (χ3v) is 8.48. The Morgan fingerprint density at radius 3 is 2.19 bits per heavy atom. The molecule has 0 saturated heterocycles. The zero-order valence-electron chi connectivity index (χ0n) is 29.8. The van der Waals surface area contributed by atoms with E-state index in [1.165, 1.54) is 6.42 Å². The lowest BCUT2D eigenvalue weighted by Gasteiger charge is -2.42. The van der Waals surface area contributed by atoms with E-state index in [9.17, 15) is 14.7 Å². The Morgan fingerprint density at radius 2 is 1.60 bits per heavy atom. The molecule has 248 valence electrons. The number of carboxylic acid groups (broad SMARTS) is 1. The quantitative estimate of drug-likeness (QED) is 0.0916. The molecule has 1 aromatic heterocycles. The first-order valence-electron chi connectivity index (χ1n) is 16.7. The number of fused-ring (bicyclic) bond motifs is 5. The maximum Gasteiger partial charge on any atom is 0.348 e. The van der Waals surface area contributed by atoms with E-state index in [-0.39, 0.29) is 16.5 Å². The normalized spacial score (nSPS) is 13.3. The van der Waals surface area contributed by atoms with Crippen molar-refractivity contribution in [1.82, 2.24) is 4.58 Å². The number of carboxylic acids is 1. The summed E-state index contributed by atoms with van der Waals surface area (Å²) in [6, 6.07) is 14.7. The van der Waals surface area contributed by atoms with E-state index in [0.717, 1.165) is 40.7 Å². The molecule has 3 aliphatic rings. The summed E-state index contributed by atoms with van der Waals surface area (Å²) >= 11 is 0. The molecule has 0 spiro atoms. The van der Waals surface area contributed by atoms with Gasteiger partial charge in [0.2, 0.25) is 5.36 Å². The second-order valence-electron chi connectivity index (χ2n) is 12.4. The first-order chi connectivity index (χ1) is 22.4. The molecule has 47 heavy (non-hydrogen) atoms. The number of hydrogen-bond donors (Lipinski definition) is 1. The number of rotatable bonds is 4. The fourth-order valence-electron chi connectivity index (χ4n) is 6.65. The molecule has 3 aromatic rings. The molecular weight excluding hydrogens is 588 g/mol. The Kier molecular flexibility index (Phi) is 10.5. The number of benzene rings is 3. The van der Waals surface area contributed by atoms with Crippen LogP contribution in [-0.4, -0.2) is 37.3 Å². The van der Waals surface area contributed by atoms with Crippen LogP contribution in [0.2, 0.25) is 0 Å². The highest BCUT2D eigenvalue weighted by Gasteiger charge is 2.32. The monoisotopic (exact) mass is 637 g/mol. The van der Waals surface area contributed by atoms with E-state index < -0.39 is 11.6 Å². The van der Waals surface area contributed by atoms with Gasteiger partial charge in [-0.05, 0) is 63.5 Å². The van der Waals surface area contributed by atoms with E-state index >= 15 is 0 Å². The topological polar surface area (TPSA) is 86.9 Å². The van der Waals surface area contributed by atoms with Gasteiger partial charge in [-0.25, -0.2) is 14.2 Å². The number of aromatic carboxylic acids is 1. The van der Waals surface area contributed by atoms with E-state index in [4.69, 9.17) is 8.83 Å². The zero-order valence-corrected chi connectivity index (χ0v) is 29.8. The SMILES string of the molecule is CC.CCC.CCc1cc2c(-c3ccccc3C(=O)O)c3c(=O)oc4cc5c(cc4c3oc-2cc1=[N+](C)C)C(C)=CC(C)(C)N5CC. The number of allylic oxidation sites excluding steroid dienone is 1. The number of hydrogen-bond acceptors (Lipinski definition) is 5. The predicted octanol–water partition coefficient (Wildman–Crippen LogP) is 9.07.